The molecule has 1 N–H and O–H groups in total. The summed E-state index contributed by atoms with van der Waals surface area (Å²) in [4.78, 5) is 8.78. The number of hydrogen-bond acceptors (Lipinski definition) is 5. The van der Waals surface area contributed by atoms with E-state index in [-0.39, 0.29) is 11.8 Å². The highest BCUT2D eigenvalue weighted by Gasteiger charge is 2.27. The molecule has 2 rings (SSSR count). The monoisotopic (exact) mass is 275 g/mol. The summed E-state index contributed by atoms with van der Waals surface area (Å²) in [6.45, 7) is 9.75. The summed E-state index contributed by atoms with van der Waals surface area (Å²) in [6, 6.07) is 2.03. The van der Waals surface area contributed by atoms with Crippen LogP contribution in [0.1, 0.15) is 43.7 Å². The Morgan fingerprint density at radius 2 is 1.90 bits per heavy atom. The standard InChI is InChI=1S/C15H21N3O2/c1-8(2)12(11(5)19)15-17-14(18-20-15)13-10(4)6-9(3)7-16-13/h6-8,11-12,19H,1-5H3. The van der Waals surface area contributed by atoms with E-state index in [0.29, 0.717) is 11.7 Å². The fourth-order valence-corrected chi connectivity index (χ4v) is 2.46. The summed E-state index contributed by atoms with van der Waals surface area (Å²) >= 11 is 0. The average Bonchev–Trinajstić information content (AvgIpc) is 2.76. The Balaban J connectivity index is 2.37. The molecule has 108 valence electrons. The summed E-state index contributed by atoms with van der Waals surface area (Å²) in [5, 5.41) is 13.9. The lowest BCUT2D eigenvalue weighted by Gasteiger charge is -2.19. The van der Waals surface area contributed by atoms with E-state index in [4.69, 9.17) is 4.52 Å². The zero-order valence-corrected chi connectivity index (χ0v) is 12.6. The second-order valence-electron chi connectivity index (χ2n) is 5.64. The van der Waals surface area contributed by atoms with Gasteiger partial charge in [0.1, 0.15) is 5.69 Å². The van der Waals surface area contributed by atoms with Crippen molar-refractivity contribution >= 4 is 0 Å². The van der Waals surface area contributed by atoms with Crippen LogP contribution in [0.2, 0.25) is 0 Å². The van der Waals surface area contributed by atoms with E-state index in [2.05, 4.69) is 15.1 Å². The molecule has 0 bridgehead atoms. The fourth-order valence-electron chi connectivity index (χ4n) is 2.46. The maximum atomic E-state index is 9.86. The topological polar surface area (TPSA) is 72.0 Å². The number of aryl methyl sites for hydroxylation is 2. The van der Waals surface area contributed by atoms with E-state index in [1.165, 1.54) is 0 Å². The smallest absolute Gasteiger partial charge is 0.232 e. The first-order valence-corrected chi connectivity index (χ1v) is 6.85. The normalized spacial score (nSPS) is 14.6. The van der Waals surface area contributed by atoms with Gasteiger partial charge in [0.05, 0.1) is 12.0 Å². The molecular weight excluding hydrogens is 254 g/mol. The number of aliphatic hydroxyl groups excluding tert-OH is 1. The Bertz CT molecular complexity index is 583. The molecule has 0 saturated heterocycles. The number of aliphatic hydroxyl groups is 1. The van der Waals surface area contributed by atoms with E-state index in [9.17, 15) is 5.11 Å². The van der Waals surface area contributed by atoms with Crippen molar-refractivity contribution in [1.82, 2.24) is 15.1 Å². The first kappa shape index (κ1) is 14.7. The van der Waals surface area contributed by atoms with Gasteiger partial charge >= 0.3 is 0 Å². The lowest BCUT2D eigenvalue weighted by atomic mass is 9.91. The molecule has 0 saturated carbocycles. The first-order valence-electron chi connectivity index (χ1n) is 6.85. The summed E-state index contributed by atoms with van der Waals surface area (Å²) in [7, 11) is 0. The number of aromatic nitrogens is 3. The zero-order valence-electron chi connectivity index (χ0n) is 12.6. The largest absolute Gasteiger partial charge is 0.393 e. The van der Waals surface area contributed by atoms with Crippen LogP contribution in [0.4, 0.5) is 0 Å². The molecular formula is C15H21N3O2. The van der Waals surface area contributed by atoms with Crippen LogP contribution in [0.5, 0.6) is 0 Å². The third-order valence-electron chi connectivity index (χ3n) is 3.39. The molecule has 2 heterocycles. The van der Waals surface area contributed by atoms with Crippen molar-refractivity contribution in [2.75, 3.05) is 0 Å². The average molecular weight is 275 g/mol. The SMILES string of the molecule is Cc1cnc(-c2noc(C(C(C)C)C(C)O)n2)c(C)c1. The highest BCUT2D eigenvalue weighted by molar-refractivity contribution is 5.54. The molecule has 0 spiro atoms. The molecule has 0 aromatic carbocycles. The van der Waals surface area contributed by atoms with Gasteiger partial charge in [-0.2, -0.15) is 4.98 Å². The van der Waals surface area contributed by atoms with Crippen LogP contribution in [-0.2, 0) is 0 Å². The molecule has 0 aliphatic rings. The van der Waals surface area contributed by atoms with Gasteiger partial charge in [-0.3, -0.25) is 4.98 Å². The number of hydrogen-bond donors (Lipinski definition) is 1. The summed E-state index contributed by atoms with van der Waals surface area (Å²) in [5.74, 6) is 0.993. The van der Waals surface area contributed by atoms with Crippen LogP contribution in [-0.4, -0.2) is 26.3 Å². The van der Waals surface area contributed by atoms with Crippen LogP contribution in [0.25, 0.3) is 11.5 Å². The van der Waals surface area contributed by atoms with Crippen LogP contribution in [0, 0.1) is 19.8 Å². The van der Waals surface area contributed by atoms with Crippen LogP contribution < -0.4 is 0 Å². The minimum atomic E-state index is -0.532. The van der Waals surface area contributed by atoms with E-state index in [0.717, 1.165) is 16.8 Å². The highest BCUT2D eigenvalue weighted by Crippen LogP contribution is 2.28. The van der Waals surface area contributed by atoms with Gasteiger partial charge in [0.2, 0.25) is 11.7 Å². The van der Waals surface area contributed by atoms with Crippen LogP contribution in [0.3, 0.4) is 0 Å². The minimum absolute atomic E-state index is 0.165. The molecule has 2 unspecified atom stereocenters. The molecule has 0 fully saturated rings. The van der Waals surface area contributed by atoms with Gasteiger partial charge in [-0.25, -0.2) is 0 Å². The first-order chi connectivity index (χ1) is 9.40. The Labute approximate surface area is 119 Å². The summed E-state index contributed by atoms with van der Waals surface area (Å²) in [6.07, 6.45) is 1.25. The van der Waals surface area contributed by atoms with Gasteiger partial charge < -0.3 is 9.63 Å². The molecule has 0 aliphatic heterocycles. The second-order valence-corrected chi connectivity index (χ2v) is 5.64. The van der Waals surface area contributed by atoms with Crippen molar-refractivity contribution < 1.29 is 9.63 Å². The molecule has 2 aromatic rings. The van der Waals surface area contributed by atoms with Crippen molar-refractivity contribution in [1.29, 1.82) is 0 Å². The number of pyridine rings is 1. The number of nitrogens with zero attached hydrogens (tertiary/aromatic N) is 3. The van der Waals surface area contributed by atoms with Gasteiger partial charge in [0.15, 0.2) is 0 Å². The van der Waals surface area contributed by atoms with Gasteiger partial charge in [-0.05, 0) is 37.8 Å². The maximum Gasteiger partial charge on any atom is 0.232 e. The minimum Gasteiger partial charge on any atom is -0.393 e. The van der Waals surface area contributed by atoms with Crippen LogP contribution in [0.15, 0.2) is 16.8 Å². The maximum absolute atomic E-state index is 9.86. The van der Waals surface area contributed by atoms with Gasteiger partial charge in [0, 0.05) is 6.20 Å². The van der Waals surface area contributed by atoms with Gasteiger partial charge in [-0.1, -0.05) is 25.1 Å². The summed E-state index contributed by atoms with van der Waals surface area (Å²) < 4.78 is 5.33. The van der Waals surface area contributed by atoms with E-state index < -0.39 is 6.10 Å². The Morgan fingerprint density at radius 3 is 2.45 bits per heavy atom. The van der Waals surface area contributed by atoms with Crippen molar-refractivity contribution in [3.8, 4) is 11.5 Å². The van der Waals surface area contributed by atoms with E-state index >= 15 is 0 Å². The predicted molar refractivity (Wildman–Crippen MR) is 76.3 cm³/mol. The van der Waals surface area contributed by atoms with E-state index in [1.807, 2.05) is 33.8 Å². The molecule has 5 heteroatoms. The highest BCUT2D eigenvalue weighted by atomic mass is 16.5. The van der Waals surface area contributed by atoms with Gasteiger partial charge in [0.25, 0.3) is 0 Å². The molecule has 0 aliphatic carbocycles. The van der Waals surface area contributed by atoms with Crippen molar-refractivity contribution in [3.63, 3.8) is 0 Å². The van der Waals surface area contributed by atoms with Crippen LogP contribution >= 0.6 is 0 Å². The third kappa shape index (κ3) is 2.88. The molecule has 20 heavy (non-hydrogen) atoms. The second kappa shape index (κ2) is 5.71. The molecule has 2 atom stereocenters. The lowest BCUT2D eigenvalue weighted by Crippen LogP contribution is -2.20. The molecule has 2 aromatic heterocycles. The Morgan fingerprint density at radius 1 is 1.20 bits per heavy atom. The zero-order chi connectivity index (χ0) is 14.9. The Kier molecular flexibility index (Phi) is 4.18. The molecule has 0 amide bonds. The molecule has 0 radical (unpaired) electrons. The lowest BCUT2D eigenvalue weighted by molar-refractivity contribution is 0.120. The number of rotatable bonds is 4. The third-order valence-corrected chi connectivity index (χ3v) is 3.39. The van der Waals surface area contributed by atoms with E-state index in [1.54, 1.807) is 13.1 Å². The molecule has 5 nitrogen and oxygen atoms in total. The van der Waals surface area contributed by atoms with Crippen molar-refractivity contribution in [2.24, 2.45) is 5.92 Å². The van der Waals surface area contributed by atoms with Crippen molar-refractivity contribution in [3.05, 3.63) is 29.3 Å². The predicted octanol–water partition coefficient (Wildman–Crippen LogP) is 2.87. The quantitative estimate of drug-likeness (QED) is 0.928. The fraction of sp³-hybridized carbons (Fsp3) is 0.533. The van der Waals surface area contributed by atoms with Crippen molar-refractivity contribution in [2.45, 2.75) is 46.6 Å². The van der Waals surface area contributed by atoms with Gasteiger partial charge in [-0.15, -0.1) is 0 Å². The Hall–Kier alpha value is -1.75. The summed E-state index contributed by atoms with van der Waals surface area (Å²) in [5.41, 5.74) is 2.83.